The van der Waals surface area contributed by atoms with Crippen molar-refractivity contribution in [3.8, 4) is 5.75 Å². The maximum Gasteiger partial charge on any atom is 0.294 e. The zero-order chi connectivity index (χ0) is 91.6. The standard InChI is InChI=1S/C33H39FN6O3S.C33H42N8O3S.C29H35N7O4S2/c1-3-43-29-19-22-20-35-33(37-24-13-11-23(12-14-24)36-25-15-17-39(2)18-16-25)38-31(22)40(32(29)41)21-27-28(34)9-6-10-30(27)44(42)26-7-4-5-8-26;1-23(24-9-10-24)30-19-25-20-35-33(36-26-11-13-27(14-12-26)39(4)28-7-5-15-34-21-28)37-31(25)40(32(30)42)22-29-8-6-16-41(29)45(43,44)18-17-38(2)3;1-35-11-3-4-23(16-35)32-21-7-9-22(10-8-21)33-29-30-15-20-14-24(19-5-6-19)28(37)36(26(20)34-29)17-25-27(31-18-41-25)42(38,39)13-12-40-2/h6,9-14,19-20,25-26,36H,3-5,7-8,15-18,21H2,1-2H3,(H,35,37,38);6,8,11-14,16,19-20,24,28,34H,1,5,7,9-10,15,17-18,21-22H2,2-4H3,(H,35,36,37);7-10,14-15,18-19,23,32H,3-6,11-13,16-17H2,1-2H3,(H,30,33,34). The number of allylic oxidation sites excluding steroid dienone is 1. The van der Waals surface area contributed by atoms with Crippen LogP contribution in [0.3, 0.4) is 0 Å². The van der Waals surface area contributed by atoms with E-state index < -0.39 is 42.0 Å². The lowest BCUT2D eigenvalue weighted by Gasteiger charge is -2.33. The third kappa shape index (κ3) is 22.8. The number of ether oxygens (including phenoxy) is 2. The van der Waals surface area contributed by atoms with E-state index in [1.807, 2.05) is 91.8 Å². The number of piperidine rings is 3. The predicted octanol–water partition coefficient (Wildman–Crippen LogP) is 13.3. The van der Waals surface area contributed by atoms with Crippen molar-refractivity contribution in [2.24, 2.45) is 5.92 Å². The highest BCUT2D eigenvalue weighted by molar-refractivity contribution is 7.91. The van der Waals surface area contributed by atoms with Crippen molar-refractivity contribution in [3.05, 3.63) is 222 Å². The molecule has 0 spiro atoms. The molecule has 31 nitrogen and oxygen atoms in total. The Kier molecular flexibility index (Phi) is 29.6. The fraction of sp³-hybridized carbons (Fsp3) is 0.432. The monoisotopic (exact) mass is 1860 g/mol. The largest absolute Gasteiger partial charge is 0.488 e. The average Bonchev–Trinajstić information content (AvgIpc) is 1.75. The van der Waals surface area contributed by atoms with Gasteiger partial charge in [0.15, 0.2) is 20.6 Å². The number of anilines is 9. The first-order chi connectivity index (χ1) is 63.3. The Bertz CT molecular complexity index is 6530. The number of hydrogen-bond acceptors (Lipinski definition) is 28. The molecule has 12 aromatic rings. The zero-order valence-electron chi connectivity index (χ0n) is 75.2. The summed E-state index contributed by atoms with van der Waals surface area (Å²) in [6, 6.07) is 38.8. The van der Waals surface area contributed by atoms with Gasteiger partial charge in [-0.15, -0.1) is 11.3 Å². The van der Waals surface area contributed by atoms with Crippen molar-refractivity contribution >= 4 is 133 Å². The lowest BCUT2D eigenvalue weighted by molar-refractivity contribution is 0.217. The highest BCUT2D eigenvalue weighted by Crippen LogP contribution is 2.42. The van der Waals surface area contributed by atoms with Crippen LogP contribution in [0.1, 0.15) is 130 Å². The normalized spacial score (nSPS) is 17.4. The van der Waals surface area contributed by atoms with Crippen LogP contribution in [-0.2, 0) is 55.0 Å². The molecular weight excluding hydrogens is 1740 g/mol. The molecule has 3 saturated heterocycles. The molecule has 3 aliphatic heterocycles. The number of pyridine rings is 3. The number of aromatic nitrogens is 11. The summed E-state index contributed by atoms with van der Waals surface area (Å²) in [6.45, 7) is 13.1. The Balaban J connectivity index is 0.000000144. The molecule has 692 valence electrons. The molecule has 0 bridgehead atoms. The summed E-state index contributed by atoms with van der Waals surface area (Å²) < 4.78 is 97.7. The van der Waals surface area contributed by atoms with Gasteiger partial charge in [-0.25, -0.2) is 45.1 Å². The van der Waals surface area contributed by atoms with Gasteiger partial charge in [0, 0.05) is 154 Å². The highest BCUT2D eigenvalue weighted by atomic mass is 32.2. The number of rotatable bonds is 33. The first kappa shape index (κ1) is 93.0. The third-order valence-electron chi connectivity index (χ3n) is 25.1. The SMILES string of the molecule is C=C(c1cc2cnc(Nc3ccc(N(C)C4CCCNC4)cc3)nc2n(Cc2cccn2S(=O)(=O)CCN(C)C)c1=O)C1CC1.CCOc1cc2cnc(Nc3ccc(NC4CCN(C)CC4)cc3)nc2n(Cc2c(F)cccc2S(=O)C2CCCC2)c1=O.COCCS(=O)(=O)c1ncsc1Cn1c(=O)c(C2CC2)cc2cnc(Nc3ccc(NC4CCCN(C)C4)cc3)nc21. The summed E-state index contributed by atoms with van der Waals surface area (Å²) in [5.74, 6) is 0.893. The number of thiazole rings is 1. The minimum absolute atomic E-state index is 0.0112. The lowest BCUT2D eigenvalue weighted by Crippen LogP contribution is -2.44. The summed E-state index contributed by atoms with van der Waals surface area (Å²) in [4.78, 5) is 83.1. The van der Waals surface area contributed by atoms with Crippen molar-refractivity contribution in [2.45, 2.75) is 156 Å². The molecule has 11 heterocycles. The average molecular weight is 1860 g/mol. The van der Waals surface area contributed by atoms with E-state index in [9.17, 15) is 35.4 Å². The Hall–Kier alpha value is -11.2. The molecule has 0 amide bonds. The van der Waals surface area contributed by atoms with E-state index in [1.165, 1.54) is 64.0 Å². The van der Waals surface area contributed by atoms with Gasteiger partial charge in [0.05, 0.1) is 71.2 Å². The molecule has 18 rings (SSSR count). The minimum Gasteiger partial charge on any atom is -0.488 e. The molecule has 8 aromatic heterocycles. The number of hydrogen-bond donors (Lipinski definition) is 6. The van der Waals surface area contributed by atoms with Crippen molar-refractivity contribution in [1.82, 2.24) is 72.6 Å². The van der Waals surface area contributed by atoms with Gasteiger partial charge in [-0.2, -0.15) is 15.0 Å². The fourth-order valence-corrected chi connectivity index (χ4v) is 23.1. The van der Waals surface area contributed by atoms with Crippen molar-refractivity contribution in [3.63, 3.8) is 0 Å². The molecule has 3 atom stereocenters. The summed E-state index contributed by atoms with van der Waals surface area (Å²) in [5, 5.41) is 22.4. The number of nitrogens with one attached hydrogen (secondary N) is 6. The third-order valence-corrected chi connectivity index (χ3v) is 31.2. The Morgan fingerprint density at radius 3 is 1.81 bits per heavy atom. The second kappa shape index (κ2) is 41.7. The summed E-state index contributed by atoms with van der Waals surface area (Å²) >= 11 is 1.21. The molecule has 6 N–H and O–H groups in total. The molecule has 3 unspecified atom stereocenters. The van der Waals surface area contributed by atoms with Crippen LogP contribution in [0.15, 0.2) is 183 Å². The summed E-state index contributed by atoms with van der Waals surface area (Å²) in [5.41, 5.74) is 10.3. The topological polar surface area (TPSA) is 350 Å². The number of nitrogens with zero attached hydrogens (tertiary/aromatic N) is 15. The Morgan fingerprint density at radius 2 is 1.22 bits per heavy atom. The Labute approximate surface area is 769 Å². The number of sulfone groups is 1. The van der Waals surface area contributed by atoms with Gasteiger partial charge in [0.25, 0.3) is 16.7 Å². The first-order valence-corrected chi connectivity index (χ1v) is 50.5. The molecule has 36 heteroatoms. The summed E-state index contributed by atoms with van der Waals surface area (Å²) in [7, 11) is 2.88. The van der Waals surface area contributed by atoms with Crippen LogP contribution in [0.2, 0.25) is 0 Å². The molecule has 131 heavy (non-hydrogen) atoms. The number of halogens is 1. The number of methoxy groups -OCH3 is 1. The van der Waals surface area contributed by atoms with E-state index in [0.717, 1.165) is 155 Å². The highest BCUT2D eigenvalue weighted by Gasteiger charge is 2.34. The lowest BCUT2D eigenvalue weighted by atomic mass is 10.0. The van der Waals surface area contributed by atoms with E-state index >= 15 is 4.39 Å². The van der Waals surface area contributed by atoms with Gasteiger partial charge in [0.1, 0.15) is 22.8 Å². The number of likely N-dealkylation sites (N-methyl/N-ethyl adjacent to an activating group) is 2. The van der Waals surface area contributed by atoms with E-state index in [1.54, 1.807) is 65.0 Å². The second-order valence-corrected chi connectivity index (χ2v) is 41.8. The van der Waals surface area contributed by atoms with Gasteiger partial charge in [-0.05, 0) is 271 Å². The van der Waals surface area contributed by atoms with Gasteiger partial charge < -0.3 is 61.0 Å². The molecule has 0 radical (unpaired) electrons. The van der Waals surface area contributed by atoms with E-state index in [0.29, 0.717) is 103 Å². The van der Waals surface area contributed by atoms with Crippen LogP contribution in [0, 0.1) is 11.7 Å². The maximum atomic E-state index is 15.4. The van der Waals surface area contributed by atoms with Crippen molar-refractivity contribution in [1.29, 1.82) is 0 Å². The van der Waals surface area contributed by atoms with Crippen molar-refractivity contribution < 1.29 is 34.9 Å². The second-order valence-electron chi connectivity index (χ2n) is 35.1. The van der Waals surface area contributed by atoms with E-state index in [4.69, 9.17) is 24.4 Å². The van der Waals surface area contributed by atoms with Crippen LogP contribution >= 0.6 is 11.3 Å². The number of likely N-dealkylation sites (tertiary alicyclic amines) is 2. The fourth-order valence-electron chi connectivity index (χ4n) is 17.4. The molecule has 3 saturated carbocycles. The maximum absolute atomic E-state index is 15.4. The van der Waals surface area contributed by atoms with E-state index in [-0.39, 0.29) is 82.3 Å². The van der Waals surface area contributed by atoms with E-state index in [2.05, 4.69) is 106 Å². The van der Waals surface area contributed by atoms with Crippen molar-refractivity contribution in [2.75, 3.05) is 144 Å². The summed E-state index contributed by atoms with van der Waals surface area (Å²) in [6.07, 6.45) is 21.2. The molecule has 3 aliphatic carbocycles. The molecular formula is C95H116FN21O10S4. The number of fused-ring (bicyclic) bond motifs is 3. The smallest absolute Gasteiger partial charge is 0.294 e. The van der Waals surface area contributed by atoms with Crippen LogP contribution in [-0.4, -0.2) is 225 Å². The molecule has 6 aliphatic rings. The van der Waals surface area contributed by atoms with Gasteiger partial charge in [-0.3, -0.25) is 32.3 Å². The zero-order valence-corrected chi connectivity index (χ0v) is 78.5. The van der Waals surface area contributed by atoms with Crippen LogP contribution in [0.4, 0.5) is 56.4 Å². The molecule has 4 aromatic carbocycles. The Morgan fingerprint density at radius 1 is 0.626 bits per heavy atom. The quantitative estimate of drug-likeness (QED) is 0.0222. The molecule has 6 fully saturated rings. The van der Waals surface area contributed by atoms with Gasteiger partial charge >= 0.3 is 0 Å². The first-order valence-electron chi connectivity index (χ1n) is 45.2. The minimum atomic E-state index is -3.67. The van der Waals surface area contributed by atoms with Crippen LogP contribution in [0.5, 0.6) is 5.75 Å². The van der Waals surface area contributed by atoms with Crippen LogP contribution < -0.4 is 58.2 Å². The number of benzene rings is 4. The van der Waals surface area contributed by atoms with Gasteiger partial charge in [-0.1, -0.05) is 25.5 Å². The predicted molar refractivity (Wildman–Crippen MR) is 519 cm³/mol. The van der Waals surface area contributed by atoms with Crippen LogP contribution in [0.25, 0.3) is 38.7 Å². The van der Waals surface area contributed by atoms with Gasteiger partial charge in [0.2, 0.25) is 27.9 Å².